The molecule has 5 aliphatic rings. The first-order valence-corrected chi connectivity index (χ1v) is 24.4. The molecule has 5 aliphatic heterocycles. The Kier molecular flexibility index (Phi) is 12.6. The lowest BCUT2D eigenvalue weighted by Crippen LogP contribution is -2.52. The van der Waals surface area contributed by atoms with Crippen molar-refractivity contribution in [3.05, 3.63) is 136 Å². The van der Waals surface area contributed by atoms with Crippen molar-refractivity contribution in [3.8, 4) is 5.75 Å². The van der Waals surface area contributed by atoms with Gasteiger partial charge in [0, 0.05) is 104 Å². The first-order valence-electron chi connectivity index (χ1n) is 24.0. The van der Waals surface area contributed by atoms with Crippen molar-refractivity contribution in [2.75, 3.05) is 60.3 Å². The number of alkyl halides is 3. The normalized spacial score (nSPS) is 22.8. The van der Waals surface area contributed by atoms with E-state index >= 15 is 9.18 Å². The fourth-order valence-corrected chi connectivity index (χ4v) is 11.7. The number of anilines is 4. The van der Waals surface area contributed by atoms with Gasteiger partial charge in [0.05, 0.1) is 17.8 Å². The number of piperidine rings is 1. The third-order valence-electron chi connectivity index (χ3n) is 14.8. The van der Waals surface area contributed by atoms with E-state index in [0.29, 0.717) is 55.1 Å². The average Bonchev–Trinajstić information content (AvgIpc) is 4.00. The largest absolute Gasteiger partial charge is 0.495 e. The Balaban J connectivity index is 0.932. The van der Waals surface area contributed by atoms with Crippen LogP contribution in [0.15, 0.2) is 91.3 Å². The van der Waals surface area contributed by atoms with Gasteiger partial charge in [-0.05, 0) is 90.0 Å². The maximum atomic E-state index is 16.8. The predicted molar refractivity (Wildman–Crippen MR) is 264 cm³/mol. The van der Waals surface area contributed by atoms with Crippen molar-refractivity contribution in [1.29, 1.82) is 0 Å². The molecular weight excluding hydrogens is 970 g/mol. The first-order chi connectivity index (χ1) is 34.8. The summed E-state index contributed by atoms with van der Waals surface area (Å²) in [4.78, 5) is 83.0. The molecule has 15 nitrogen and oxygen atoms in total. The van der Waals surface area contributed by atoms with Crippen molar-refractivity contribution >= 4 is 64.0 Å². The van der Waals surface area contributed by atoms with Crippen molar-refractivity contribution in [1.82, 2.24) is 25.1 Å². The summed E-state index contributed by atoms with van der Waals surface area (Å²) in [6.45, 7) is 8.01. The van der Waals surface area contributed by atoms with Crippen LogP contribution in [0.1, 0.15) is 89.1 Å². The Morgan fingerprint density at radius 3 is 2.42 bits per heavy atom. The van der Waals surface area contributed by atoms with Gasteiger partial charge < -0.3 is 35.0 Å². The molecule has 0 aliphatic carbocycles. The number of fused-ring (bicyclic) bond motifs is 3. The molecule has 5 aromatic rings. The van der Waals surface area contributed by atoms with E-state index in [4.69, 9.17) is 21.3 Å². The van der Waals surface area contributed by atoms with Crippen LogP contribution < -0.4 is 30.5 Å². The van der Waals surface area contributed by atoms with Crippen LogP contribution in [0.2, 0.25) is 5.02 Å². The van der Waals surface area contributed by atoms with Crippen LogP contribution in [-0.2, 0) is 32.5 Å². The van der Waals surface area contributed by atoms with Crippen LogP contribution in [-0.4, -0.2) is 107 Å². The number of hydrogen-bond donors (Lipinski definition) is 3. The Morgan fingerprint density at radius 2 is 1.73 bits per heavy atom. The number of ether oxygens (including phenoxy) is 1. The Hall–Kier alpha value is -7.28. The maximum absolute atomic E-state index is 16.8. The lowest BCUT2D eigenvalue weighted by atomic mass is 9.63. The van der Waals surface area contributed by atoms with Gasteiger partial charge in [0.15, 0.2) is 0 Å². The van der Waals surface area contributed by atoms with Crippen molar-refractivity contribution in [2.45, 2.75) is 82.2 Å². The lowest BCUT2D eigenvalue weighted by Gasteiger charge is -2.41. The third-order valence-corrected chi connectivity index (χ3v) is 15.1. The summed E-state index contributed by atoms with van der Waals surface area (Å²) < 4.78 is 65.1. The molecule has 3 N–H and O–H groups in total. The highest BCUT2D eigenvalue weighted by Crippen LogP contribution is 2.60. The lowest BCUT2D eigenvalue weighted by molar-refractivity contribution is -0.141. The van der Waals surface area contributed by atoms with Crippen LogP contribution in [0.25, 0.3) is 0 Å². The quantitative estimate of drug-likeness (QED) is 0.0974. The van der Waals surface area contributed by atoms with E-state index in [9.17, 15) is 32.3 Å². The molecule has 5 amide bonds. The number of imide groups is 1. The molecule has 3 fully saturated rings. The zero-order chi connectivity index (χ0) is 51.7. The van der Waals surface area contributed by atoms with Crippen LogP contribution >= 0.6 is 11.6 Å². The highest BCUT2D eigenvalue weighted by Gasteiger charge is 2.66. The summed E-state index contributed by atoms with van der Waals surface area (Å²) in [6.07, 6.45) is -1.18. The molecule has 7 heterocycles. The van der Waals surface area contributed by atoms with Gasteiger partial charge in [-0.15, -0.1) is 0 Å². The van der Waals surface area contributed by atoms with Gasteiger partial charge in [0.2, 0.25) is 17.7 Å². The van der Waals surface area contributed by atoms with Crippen molar-refractivity contribution < 1.29 is 46.3 Å². The molecule has 73 heavy (non-hydrogen) atoms. The van der Waals surface area contributed by atoms with E-state index in [-0.39, 0.29) is 71.4 Å². The number of amides is 5. The highest BCUT2D eigenvalue weighted by atomic mass is 35.5. The molecule has 0 radical (unpaired) electrons. The molecule has 3 saturated heterocycles. The number of carbonyl (C=O) groups excluding carboxylic acids is 5. The third kappa shape index (κ3) is 8.84. The van der Waals surface area contributed by atoms with E-state index in [1.807, 2.05) is 37.8 Å². The molecule has 2 aromatic heterocycles. The number of piperazine rings is 1. The monoisotopic (exact) mass is 1020 g/mol. The van der Waals surface area contributed by atoms with Crippen molar-refractivity contribution in [2.24, 2.45) is 5.41 Å². The Labute approximate surface area is 423 Å². The second kappa shape index (κ2) is 18.6. The first kappa shape index (κ1) is 49.3. The van der Waals surface area contributed by atoms with E-state index in [2.05, 4.69) is 25.8 Å². The average molecular weight is 1020 g/mol. The van der Waals surface area contributed by atoms with Gasteiger partial charge >= 0.3 is 6.18 Å². The number of methoxy groups -OCH3 is 1. The van der Waals surface area contributed by atoms with Crippen LogP contribution in [0, 0.1) is 11.2 Å². The van der Waals surface area contributed by atoms with Crippen LogP contribution in [0.3, 0.4) is 0 Å². The molecule has 10 rings (SSSR count). The Morgan fingerprint density at radius 1 is 0.945 bits per heavy atom. The van der Waals surface area contributed by atoms with E-state index in [1.165, 1.54) is 24.3 Å². The zero-order valence-electron chi connectivity index (χ0n) is 40.4. The standard InChI is InChI=1S/C53H52ClF4N9O6/c1-51(2,3)25-41-52(28-61-37-24-40(53(56,57)58)60-26-34(37)52)44(33-8-7-9-35(54)45(33)55)46(67(41)42-10-5-6-17-59-42)48(70)62-36-14-11-29(23-39(36)73-4)49(71)65-20-18-64(19-21-65)31-12-13-32-30(22-31)27-66(50(32)72)38-15-16-43(68)63-47(38)69/h5-14,17,22-24,26,38,41,44,46,61H,15-16,18-21,25,27-28H2,1-4H3,(H,62,70)(H,63,68,69)/t38?,41-,44-,46+,52-/m0/s1. The Bertz CT molecular complexity index is 3060. The number of pyridine rings is 2. The maximum Gasteiger partial charge on any atom is 0.433 e. The van der Waals surface area contributed by atoms with Gasteiger partial charge in [-0.2, -0.15) is 13.2 Å². The molecule has 0 saturated carbocycles. The number of aromatic nitrogens is 2. The van der Waals surface area contributed by atoms with Gasteiger partial charge in [0.1, 0.15) is 35.2 Å². The summed E-state index contributed by atoms with van der Waals surface area (Å²) in [5.74, 6) is -3.28. The number of nitrogens with zero attached hydrogens (tertiary/aromatic N) is 6. The summed E-state index contributed by atoms with van der Waals surface area (Å²) >= 11 is 6.51. The molecule has 3 aromatic carbocycles. The minimum atomic E-state index is -4.75. The van der Waals surface area contributed by atoms with E-state index in [0.717, 1.165) is 17.3 Å². The second-order valence-corrected chi connectivity index (χ2v) is 20.8. The van der Waals surface area contributed by atoms with Crippen LogP contribution in [0.5, 0.6) is 5.75 Å². The molecule has 5 atom stereocenters. The fraction of sp³-hybridized carbons (Fsp3) is 0.377. The smallest absolute Gasteiger partial charge is 0.433 e. The topological polar surface area (TPSA) is 169 Å². The number of hydrogen-bond acceptors (Lipinski definition) is 11. The van der Waals surface area contributed by atoms with Crippen LogP contribution in [0.4, 0.5) is 40.4 Å². The number of benzene rings is 3. The minimum Gasteiger partial charge on any atom is -0.495 e. The molecule has 1 spiro atoms. The minimum absolute atomic E-state index is 0.0176. The van der Waals surface area contributed by atoms with Gasteiger partial charge in [-0.25, -0.2) is 9.37 Å². The number of halogens is 5. The molecular formula is C53H52ClF4N9O6. The summed E-state index contributed by atoms with van der Waals surface area (Å²) in [6, 6.07) is 18.3. The predicted octanol–water partition coefficient (Wildman–Crippen LogP) is 7.80. The second-order valence-electron chi connectivity index (χ2n) is 20.4. The molecule has 20 heteroatoms. The summed E-state index contributed by atoms with van der Waals surface area (Å²) in [5.41, 5.74) is 0.464. The number of rotatable bonds is 9. The number of carbonyl (C=O) groups is 5. The van der Waals surface area contributed by atoms with Crippen molar-refractivity contribution in [3.63, 3.8) is 0 Å². The SMILES string of the molecule is COc1cc(C(=O)N2CCN(c3ccc4c(c3)CN(C3CCC(=O)NC3=O)C4=O)CC2)ccc1NC(=O)[C@H]1[C@H](c2cccc(Cl)c2F)[C@]2(CNc3cc(C(F)(F)F)ncc32)[C@H](CC(C)(C)C)N1c1ccccn1. The van der Waals surface area contributed by atoms with Gasteiger partial charge in [0.25, 0.3) is 11.8 Å². The zero-order valence-corrected chi connectivity index (χ0v) is 41.1. The van der Waals surface area contributed by atoms with E-state index < -0.39 is 64.4 Å². The number of nitrogens with one attached hydrogen (secondary N) is 3. The fourth-order valence-electron chi connectivity index (χ4n) is 11.5. The summed E-state index contributed by atoms with van der Waals surface area (Å²) in [5, 5.41) is 8.37. The van der Waals surface area contributed by atoms with Gasteiger partial charge in [-0.1, -0.05) is 50.6 Å². The molecule has 0 bridgehead atoms. The molecule has 380 valence electrons. The summed E-state index contributed by atoms with van der Waals surface area (Å²) in [7, 11) is 1.41. The van der Waals surface area contributed by atoms with Gasteiger partial charge in [-0.3, -0.25) is 34.3 Å². The highest BCUT2D eigenvalue weighted by molar-refractivity contribution is 6.30. The molecule has 1 unspecified atom stereocenters. The van der Waals surface area contributed by atoms with E-state index in [1.54, 1.807) is 65.7 Å².